The number of aromatic hydroxyl groups is 1. The topological polar surface area (TPSA) is 32.3 Å². The third-order valence-corrected chi connectivity index (χ3v) is 3.15. The van der Waals surface area contributed by atoms with Crippen molar-refractivity contribution in [3.63, 3.8) is 0 Å². The molecular weight excluding hydrogens is 217 g/mol. The molecule has 0 aromatic heterocycles. The van der Waals surface area contributed by atoms with E-state index in [0.29, 0.717) is 5.56 Å². The number of nitrogens with one attached hydrogen (secondary N) is 1. The van der Waals surface area contributed by atoms with E-state index >= 15 is 0 Å². The number of benzene rings is 1. The van der Waals surface area contributed by atoms with E-state index in [9.17, 15) is 9.50 Å². The van der Waals surface area contributed by atoms with Gasteiger partial charge in [0.25, 0.3) is 0 Å². The first-order valence-electron chi connectivity index (χ1n) is 5.10. The van der Waals surface area contributed by atoms with E-state index in [1.807, 2.05) is 0 Å². The summed E-state index contributed by atoms with van der Waals surface area (Å²) in [5.41, 5.74) is 0.695. The Labute approximate surface area is 93.1 Å². The fraction of sp³-hybridized carbons (Fsp3) is 0.455. The maximum atomic E-state index is 13.0. The molecule has 82 valence electrons. The molecule has 0 saturated carbocycles. The van der Waals surface area contributed by atoms with Crippen LogP contribution in [0.5, 0.6) is 5.75 Å². The summed E-state index contributed by atoms with van der Waals surface area (Å²) in [6.45, 7) is 0.930. The Morgan fingerprint density at radius 1 is 1.40 bits per heavy atom. The number of halogens is 2. The lowest BCUT2D eigenvalue weighted by Gasteiger charge is -2.24. The van der Waals surface area contributed by atoms with E-state index in [0.717, 1.165) is 25.8 Å². The van der Waals surface area contributed by atoms with Crippen LogP contribution in [0, 0.1) is 5.82 Å². The van der Waals surface area contributed by atoms with Crippen LogP contribution >= 0.6 is 11.6 Å². The fourth-order valence-electron chi connectivity index (χ4n) is 1.95. The maximum absolute atomic E-state index is 13.0. The van der Waals surface area contributed by atoms with Crippen LogP contribution in [0.25, 0.3) is 0 Å². The highest BCUT2D eigenvalue weighted by Crippen LogP contribution is 2.36. The largest absolute Gasteiger partial charge is 0.506 e. The fourth-order valence-corrected chi connectivity index (χ4v) is 2.13. The summed E-state index contributed by atoms with van der Waals surface area (Å²) >= 11 is 5.65. The molecule has 2 rings (SSSR count). The molecule has 0 amide bonds. The zero-order valence-corrected chi connectivity index (χ0v) is 9.02. The number of hydrogen-bond acceptors (Lipinski definition) is 2. The molecule has 1 heterocycles. The summed E-state index contributed by atoms with van der Waals surface area (Å²) in [7, 11) is 0. The van der Waals surface area contributed by atoms with Gasteiger partial charge in [0.2, 0.25) is 0 Å². The predicted molar refractivity (Wildman–Crippen MR) is 57.7 cm³/mol. The monoisotopic (exact) mass is 229 g/mol. The van der Waals surface area contributed by atoms with Gasteiger partial charge in [-0.1, -0.05) is 24.1 Å². The van der Waals surface area contributed by atoms with E-state index in [2.05, 4.69) is 5.32 Å². The van der Waals surface area contributed by atoms with Crippen molar-refractivity contribution in [2.45, 2.75) is 25.3 Å². The Hall–Kier alpha value is -0.800. The zero-order chi connectivity index (χ0) is 10.8. The molecule has 15 heavy (non-hydrogen) atoms. The number of rotatable bonds is 1. The molecule has 1 aromatic carbocycles. The molecule has 0 aliphatic carbocycles. The van der Waals surface area contributed by atoms with Gasteiger partial charge in [-0.2, -0.15) is 0 Å². The SMILES string of the molecule is Oc1c([C@@H]2CCCCN2)ccc(F)c1Cl. The van der Waals surface area contributed by atoms with E-state index in [4.69, 9.17) is 11.6 Å². The number of hydrogen-bond donors (Lipinski definition) is 2. The van der Waals surface area contributed by atoms with Gasteiger partial charge in [0.1, 0.15) is 16.6 Å². The standard InChI is InChI=1S/C11H13ClFNO/c12-10-8(13)5-4-7(11(10)15)9-3-1-2-6-14-9/h4-5,9,14-15H,1-3,6H2/t9-/m0/s1. The van der Waals surface area contributed by atoms with Gasteiger partial charge >= 0.3 is 0 Å². The minimum atomic E-state index is -0.575. The van der Waals surface area contributed by atoms with Gasteiger partial charge in [-0.15, -0.1) is 0 Å². The van der Waals surface area contributed by atoms with Gasteiger partial charge in [0, 0.05) is 11.6 Å². The molecule has 1 aliphatic heterocycles. The average Bonchev–Trinajstić information content (AvgIpc) is 2.27. The van der Waals surface area contributed by atoms with Gasteiger partial charge in [0.15, 0.2) is 0 Å². The zero-order valence-electron chi connectivity index (χ0n) is 8.26. The Bertz CT molecular complexity index is 364. The summed E-state index contributed by atoms with van der Waals surface area (Å²) in [5.74, 6) is -0.704. The Morgan fingerprint density at radius 2 is 2.20 bits per heavy atom. The average molecular weight is 230 g/mol. The van der Waals surface area contributed by atoms with Crippen LogP contribution in [0.1, 0.15) is 30.9 Å². The second kappa shape index (κ2) is 4.37. The van der Waals surface area contributed by atoms with Gasteiger partial charge in [-0.3, -0.25) is 0 Å². The lowest BCUT2D eigenvalue weighted by molar-refractivity contribution is 0.389. The van der Waals surface area contributed by atoms with E-state index in [-0.39, 0.29) is 16.8 Å². The quantitative estimate of drug-likeness (QED) is 0.776. The second-order valence-electron chi connectivity index (χ2n) is 3.80. The lowest BCUT2D eigenvalue weighted by Crippen LogP contribution is -2.26. The van der Waals surface area contributed by atoms with E-state index < -0.39 is 5.82 Å². The van der Waals surface area contributed by atoms with Gasteiger partial charge in [-0.25, -0.2) is 4.39 Å². The second-order valence-corrected chi connectivity index (χ2v) is 4.18. The first-order valence-corrected chi connectivity index (χ1v) is 5.48. The molecule has 0 unspecified atom stereocenters. The smallest absolute Gasteiger partial charge is 0.145 e. The van der Waals surface area contributed by atoms with Crippen LogP contribution < -0.4 is 5.32 Å². The van der Waals surface area contributed by atoms with Crippen molar-refractivity contribution in [2.24, 2.45) is 0 Å². The molecule has 2 N–H and O–H groups in total. The molecule has 0 radical (unpaired) electrons. The lowest BCUT2D eigenvalue weighted by atomic mass is 9.97. The van der Waals surface area contributed by atoms with Crippen molar-refractivity contribution in [1.29, 1.82) is 0 Å². The summed E-state index contributed by atoms with van der Waals surface area (Å²) in [6.07, 6.45) is 3.22. The molecule has 0 bridgehead atoms. The van der Waals surface area contributed by atoms with Crippen molar-refractivity contribution in [1.82, 2.24) is 5.32 Å². The summed E-state index contributed by atoms with van der Waals surface area (Å²) in [4.78, 5) is 0. The van der Waals surface area contributed by atoms with E-state index in [1.165, 1.54) is 6.07 Å². The molecule has 2 nitrogen and oxygen atoms in total. The maximum Gasteiger partial charge on any atom is 0.145 e. The number of phenols is 1. The molecule has 1 fully saturated rings. The summed E-state index contributed by atoms with van der Waals surface area (Å²) < 4.78 is 13.0. The van der Waals surface area contributed by atoms with Crippen molar-refractivity contribution in [2.75, 3.05) is 6.54 Å². The molecule has 1 atom stereocenters. The highest BCUT2D eigenvalue weighted by Gasteiger charge is 2.20. The van der Waals surface area contributed by atoms with Gasteiger partial charge < -0.3 is 10.4 Å². The third-order valence-electron chi connectivity index (χ3n) is 2.79. The van der Waals surface area contributed by atoms with Gasteiger partial charge in [-0.05, 0) is 25.5 Å². The molecular formula is C11H13ClFNO. The van der Waals surface area contributed by atoms with Crippen LogP contribution in [0.4, 0.5) is 4.39 Å². The highest BCUT2D eigenvalue weighted by atomic mass is 35.5. The molecule has 1 saturated heterocycles. The normalized spacial score (nSPS) is 21.6. The Kier molecular flexibility index (Phi) is 3.12. The van der Waals surface area contributed by atoms with Crippen LogP contribution in [-0.2, 0) is 0 Å². The summed E-state index contributed by atoms with van der Waals surface area (Å²) in [6, 6.07) is 2.99. The van der Waals surface area contributed by atoms with Crippen LogP contribution in [0.2, 0.25) is 5.02 Å². The first kappa shape index (κ1) is 10.7. The van der Waals surface area contributed by atoms with Crippen molar-refractivity contribution in [3.8, 4) is 5.75 Å². The first-order chi connectivity index (χ1) is 7.20. The third kappa shape index (κ3) is 2.08. The number of piperidine rings is 1. The van der Waals surface area contributed by atoms with Crippen molar-refractivity contribution in [3.05, 3.63) is 28.5 Å². The van der Waals surface area contributed by atoms with Crippen molar-refractivity contribution >= 4 is 11.6 Å². The molecule has 1 aliphatic rings. The van der Waals surface area contributed by atoms with Crippen LogP contribution in [-0.4, -0.2) is 11.7 Å². The van der Waals surface area contributed by atoms with Crippen molar-refractivity contribution < 1.29 is 9.50 Å². The predicted octanol–water partition coefficient (Wildman–Crippen LogP) is 3.00. The molecule has 4 heteroatoms. The van der Waals surface area contributed by atoms with Crippen LogP contribution in [0.15, 0.2) is 12.1 Å². The highest BCUT2D eigenvalue weighted by molar-refractivity contribution is 6.32. The van der Waals surface area contributed by atoms with Gasteiger partial charge in [0.05, 0.1) is 0 Å². The Balaban J connectivity index is 2.31. The van der Waals surface area contributed by atoms with E-state index in [1.54, 1.807) is 6.07 Å². The van der Waals surface area contributed by atoms with Crippen LogP contribution in [0.3, 0.4) is 0 Å². The molecule has 0 spiro atoms. The molecule has 1 aromatic rings. The Morgan fingerprint density at radius 3 is 2.87 bits per heavy atom. The number of phenolic OH excluding ortho intramolecular Hbond substituents is 1. The minimum absolute atomic E-state index is 0.0943. The minimum Gasteiger partial charge on any atom is -0.506 e. The summed E-state index contributed by atoms with van der Waals surface area (Å²) in [5, 5.41) is 12.8.